The zero-order valence-electron chi connectivity index (χ0n) is 18.4. The van der Waals surface area contributed by atoms with Crippen LogP contribution in [0.5, 0.6) is 0 Å². The monoisotopic (exact) mass is 429 g/mol. The second-order valence-electron chi connectivity index (χ2n) is 9.26. The summed E-state index contributed by atoms with van der Waals surface area (Å²) in [5.74, 6) is -0.614. The standard InChI is InChI=1S/C24H35N3O4/c28-22-20(23(29)25-18-9-4-2-1-3-5-10-18)16-26(15-19-11-8-14-31-19)17-21(22)24(30)27-12-6-7-13-27/h16-19H,1-15H2,(H,25,29). The molecule has 170 valence electrons. The van der Waals surface area contributed by atoms with Crippen molar-refractivity contribution in [3.8, 4) is 0 Å². The summed E-state index contributed by atoms with van der Waals surface area (Å²) in [5, 5.41) is 3.09. The van der Waals surface area contributed by atoms with E-state index in [-0.39, 0.29) is 35.1 Å². The molecular formula is C24H35N3O4. The van der Waals surface area contributed by atoms with Crippen LogP contribution in [-0.4, -0.2) is 53.1 Å². The van der Waals surface area contributed by atoms with Gasteiger partial charge in [0.25, 0.3) is 11.8 Å². The van der Waals surface area contributed by atoms with Crippen LogP contribution in [0.3, 0.4) is 0 Å². The molecule has 1 aromatic rings. The Labute approximate surface area is 184 Å². The summed E-state index contributed by atoms with van der Waals surface area (Å²) in [6.45, 7) is 2.62. The topological polar surface area (TPSA) is 80.6 Å². The highest BCUT2D eigenvalue weighted by Crippen LogP contribution is 2.18. The molecule has 7 heteroatoms. The number of carbonyl (C=O) groups excluding carboxylic acids is 2. The van der Waals surface area contributed by atoms with Crippen molar-refractivity contribution in [1.29, 1.82) is 0 Å². The van der Waals surface area contributed by atoms with E-state index in [9.17, 15) is 14.4 Å². The smallest absolute Gasteiger partial charge is 0.259 e. The molecule has 1 N–H and O–H groups in total. The van der Waals surface area contributed by atoms with Gasteiger partial charge in [-0.05, 0) is 38.5 Å². The number of carbonyl (C=O) groups is 2. The van der Waals surface area contributed by atoms with E-state index in [1.54, 1.807) is 17.3 Å². The Balaban J connectivity index is 1.59. The van der Waals surface area contributed by atoms with Crippen molar-refractivity contribution in [3.05, 3.63) is 33.7 Å². The summed E-state index contributed by atoms with van der Waals surface area (Å²) in [7, 11) is 0. The fourth-order valence-electron chi connectivity index (χ4n) is 5.03. The van der Waals surface area contributed by atoms with Crippen LogP contribution >= 0.6 is 0 Å². The molecule has 2 aliphatic heterocycles. The lowest BCUT2D eigenvalue weighted by atomic mass is 9.96. The lowest BCUT2D eigenvalue weighted by molar-refractivity contribution is 0.0787. The number of amides is 2. The van der Waals surface area contributed by atoms with Gasteiger partial charge in [-0.25, -0.2) is 0 Å². The second kappa shape index (κ2) is 10.4. The minimum Gasteiger partial charge on any atom is -0.376 e. The summed E-state index contributed by atoms with van der Waals surface area (Å²) < 4.78 is 7.55. The van der Waals surface area contributed by atoms with E-state index < -0.39 is 5.43 Å². The minimum absolute atomic E-state index is 0.0544. The van der Waals surface area contributed by atoms with E-state index in [0.29, 0.717) is 19.6 Å². The molecule has 0 aromatic carbocycles. The fraction of sp³-hybridized carbons (Fsp3) is 0.708. The maximum atomic E-state index is 13.2. The molecule has 1 aromatic heterocycles. The van der Waals surface area contributed by atoms with Gasteiger partial charge < -0.3 is 19.5 Å². The van der Waals surface area contributed by atoms with Crippen LogP contribution in [0.25, 0.3) is 0 Å². The van der Waals surface area contributed by atoms with Crippen molar-refractivity contribution in [2.24, 2.45) is 0 Å². The van der Waals surface area contributed by atoms with Gasteiger partial charge in [-0.2, -0.15) is 0 Å². The Hall–Kier alpha value is -2.15. The van der Waals surface area contributed by atoms with Gasteiger partial charge in [-0.1, -0.05) is 32.1 Å². The van der Waals surface area contributed by atoms with Crippen LogP contribution in [0, 0.1) is 0 Å². The molecule has 2 saturated heterocycles. The number of likely N-dealkylation sites (tertiary alicyclic amines) is 1. The van der Waals surface area contributed by atoms with E-state index in [1.807, 2.05) is 4.57 Å². The SMILES string of the molecule is O=C(NC1CCCCCCC1)c1cn(CC2CCCO2)cc(C(=O)N2CCCC2)c1=O. The molecule has 0 bridgehead atoms. The van der Waals surface area contributed by atoms with Crippen LogP contribution in [0.2, 0.25) is 0 Å². The highest BCUT2D eigenvalue weighted by Gasteiger charge is 2.27. The third kappa shape index (κ3) is 5.56. The van der Waals surface area contributed by atoms with E-state index in [4.69, 9.17) is 4.74 Å². The lowest BCUT2D eigenvalue weighted by Crippen LogP contribution is -2.40. The van der Waals surface area contributed by atoms with Crippen molar-refractivity contribution >= 4 is 11.8 Å². The first-order valence-electron chi connectivity index (χ1n) is 12.1. The maximum Gasteiger partial charge on any atom is 0.259 e. The quantitative estimate of drug-likeness (QED) is 0.780. The summed E-state index contributed by atoms with van der Waals surface area (Å²) in [6, 6.07) is 0.0942. The molecule has 0 spiro atoms. The van der Waals surface area contributed by atoms with E-state index in [1.165, 1.54) is 19.3 Å². The molecule has 1 atom stereocenters. The molecule has 1 aliphatic carbocycles. The van der Waals surface area contributed by atoms with Crippen LogP contribution in [0.1, 0.15) is 91.3 Å². The van der Waals surface area contributed by atoms with Crippen LogP contribution in [-0.2, 0) is 11.3 Å². The fourth-order valence-corrected chi connectivity index (χ4v) is 5.03. The first kappa shape index (κ1) is 22.1. The molecule has 4 rings (SSSR count). The van der Waals surface area contributed by atoms with E-state index >= 15 is 0 Å². The summed E-state index contributed by atoms with van der Waals surface area (Å²) in [5.41, 5.74) is -0.279. The number of aromatic nitrogens is 1. The second-order valence-corrected chi connectivity index (χ2v) is 9.26. The number of nitrogens with zero attached hydrogens (tertiary/aromatic N) is 2. The predicted molar refractivity (Wildman–Crippen MR) is 118 cm³/mol. The molecule has 0 radical (unpaired) electrons. The molecule has 3 heterocycles. The number of rotatable bonds is 5. The Kier molecular flexibility index (Phi) is 7.43. The van der Waals surface area contributed by atoms with E-state index in [2.05, 4.69) is 5.32 Å². The third-order valence-electron chi connectivity index (χ3n) is 6.83. The van der Waals surface area contributed by atoms with Gasteiger partial charge >= 0.3 is 0 Å². The summed E-state index contributed by atoms with van der Waals surface area (Å²) in [6.07, 6.45) is 14.9. The van der Waals surface area contributed by atoms with Crippen molar-refractivity contribution in [2.45, 2.75) is 89.3 Å². The Morgan fingerprint density at radius 2 is 1.58 bits per heavy atom. The van der Waals surface area contributed by atoms with Crippen molar-refractivity contribution in [3.63, 3.8) is 0 Å². The Morgan fingerprint density at radius 3 is 2.26 bits per heavy atom. The predicted octanol–water partition coefficient (Wildman–Crippen LogP) is 3.11. The summed E-state index contributed by atoms with van der Waals surface area (Å²) in [4.78, 5) is 41.1. The number of nitrogens with one attached hydrogen (secondary N) is 1. The lowest BCUT2D eigenvalue weighted by Gasteiger charge is -2.22. The molecular weight excluding hydrogens is 394 g/mol. The molecule has 1 saturated carbocycles. The van der Waals surface area contributed by atoms with Gasteiger partial charge in [0, 0.05) is 44.7 Å². The first-order chi connectivity index (χ1) is 15.1. The normalized spacial score (nSPS) is 22.8. The van der Waals surface area contributed by atoms with Gasteiger partial charge in [-0.3, -0.25) is 14.4 Å². The Bertz CT molecular complexity index is 830. The average Bonchev–Trinajstić information content (AvgIpc) is 3.44. The van der Waals surface area contributed by atoms with Gasteiger partial charge in [0.15, 0.2) is 0 Å². The largest absolute Gasteiger partial charge is 0.376 e. The molecule has 31 heavy (non-hydrogen) atoms. The molecule has 7 nitrogen and oxygen atoms in total. The number of hydrogen-bond acceptors (Lipinski definition) is 4. The van der Waals surface area contributed by atoms with Crippen LogP contribution in [0.4, 0.5) is 0 Å². The molecule has 2 amide bonds. The van der Waals surface area contributed by atoms with E-state index in [0.717, 1.165) is 58.0 Å². The third-order valence-corrected chi connectivity index (χ3v) is 6.83. The maximum absolute atomic E-state index is 13.2. The molecule has 3 aliphatic rings. The minimum atomic E-state index is -0.455. The van der Waals surface area contributed by atoms with Crippen LogP contribution < -0.4 is 10.7 Å². The van der Waals surface area contributed by atoms with Gasteiger partial charge in [0.1, 0.15) is 11.1 Å². The van der Waals surface area contributed by atoms with Crippen molar-refractivity contribution in [1.82, 2.24) is 14.8 Å². The molecule has 3 fully saturated rings. The van der Waals surface area contributed by atoms with Gasteiger partial charge in [0.05, 0.1) is 6.10 Å². The number of hydrogen-bond donors (Lipinski definition) is 1. The van der Waals surface area contributed by atoms with Gasteiger partial charge in [-0.15, -0.1) is 0 Å². The van der Waals surface area contributed by atoms with Crippen LogP contribution in [0.15, 0.2) is 17.2 Å². The Morgan fingerprint density at radius 1 is 0.903 bits per heavy atom. The highest BCUT2D eigenvalue weighted by molar-refractivity contribution is 5.99. The number of ether oxygens (including phenoxy) is 1. The summed E-state index contributed by atoms with van der Waals surface area (Å²) >= 11 is 0. The highest BCUT2D eigenvalue weighted by atomic mass is 16.5. The number of pyridine rings is 1. The first-order valence-corrected chi connectivity index (χ1v) is 12.1. The zero-order chi connectivity index (χ0) is 21.6. The van der Waals surface area contributed by atoms with Crippen molar-refractivity contribution < 1.29 is 14.3 Å². The molecule has 1 unspecified atom stereocenters. The van der Waals surface area contributed by atoms with Gasteiger partial charge in [0.2, 0.25) is 5.43 Å². The average molecular weight is 430 g/mol. The zero-order valence-corrected chi connectivity index (χ0v) is 18.4. The van der Waals surface area contributed by atoms with Crippen molar-refractivity contribution in [2.75, 3.05) is 19.7 Å².